The number of sulfone groups is 1. The fourth-order valence-corrected chi connectivity index (χ4v) is 4.48. The molecule has 120 valence electrons. The van der Waals surface area contributed by atoms with Gasteiger partial charge in [-0.15, -0.1) is 0 Å². The lowest BCUT2D eigenvalue weighted by atomic mass is 9.80. The van der Waals surface area contributed by atoms with Crippen molar-refractivity contribution >= 4 is 21.7 Å². The predicted octanol–water partition coefficient (Wildman–Crippen LogP) is 0.471. The van der Waals surface area contributed by atoms with Gasteiger partial charge >= 0.3 is 0 Å². The zero-order valence-corrected chi connectivity index (χ0v) is 13.5. The highest BCUT2D eigenvalue weighted by Crippen LogP contribution is 2.32. The van der Waals surface area contributed by atoms with E-state index in [0.29, 0.717) is 19.4 Å². The molecule has 1 N–H and O–H groups in total. The number of hydrogen-bond acceptors (Lipinski definition) is 4. The molecule has 2 fully saturated rings. The minimum Gasteiger partial charge on any atom is -0.342 e. The third-order valence-corrected chi connectivity index (χ3v) is 5.50. The van der Waals surface area contributed by atoms with E-state index in [1.54, 1.807) is 11.8 Å². The van der Waals surface area contributed by atoms with Crippen molar-refractivity contribution < 1.29 is 18.0 Å². The molecule has 1 saturated heterocycles. The number of carbonyl (C=O) groups is 2. The highest BCUT2D eigenvalue weighted by molar-refractivity contribution is 7.90. The Morgan fingerprint density at radius 1 is 1.24 bits per heavy atom. The molecule has 6 nitrogen and oxygen atoms in total. The molecule has 2 amide bonds. The van der Waals surface area contributed by atoms with Crippen molar-refractivity contribution in [3.05, 3.63) is 0 Å². The van der Waals surface area contributed by atoms with Crippen LogP contribution in [0.25, 0.3) is 0 Å². The quantitative estimate of drug-likeness (QED) is 0.820. The van der Waals surface area contributed by atoms with Crippen LogP contribution in [-0.4, -0.2) is 55.3 Å². The number of amides is 2. The number of nitrogens with zero attached hydrogens (tertiary/aromatic N) is 1. The fourth-order valence-electron chi connectivity index (χ4n) is 3.42. The summed E-state index contributed by atoms with van der Waals surface area (Å²) in [7, 11) is -3.16. The Balaban J connectivity index is 2.25. The first-order valence-corrected chi connectivity index (χ1v) is 9.59. The summed E-state index contributed by atoms with van der Waals surface area (Å²) in [6, 6.07) is -0.404. The van der Waals surface area contributed by atoms with Crippen LogP contribution in [0.2, 0.25) is 0 Å². The lowest BCUT2D eigenvalue weighted by Gasteiger charge is -2.39. The van der Waals surface area contributed by atoms with Gasteiger partial charge < -0.3 is 10.2 Å². The van der Waals surface area contributed by atoms with Crippen LogP contribution in [0.3, 0.4) is 0 Å². The minimum atomic E-state index is -3.16. The van der Waals surface area contributed by atoms with Crippen LogP contribution < -0.4 is 5.32 Å². The summed E-state index contributed by atoms with van der Waals surface area (Å²) >= 11 is 0. The molecule has 1 unspecified atom stereocenters. The molecule has 2 rings (SSSR count). The summed E-state index contributed by atoms with van der Waals surface area (Å²) < 4.78 is 23.0. The Kier molecular flexibility index (Phi) is 4.60. The molecule has 21 heavy (non-hydrogen) atoms. The van der Waals surface area contributed by atoms with Gasteiger partial charge in [-0.1, -0.05) is 19.3 Å². The monoisotopic (exact) mass is 316 g/mol. The number of hydrogen-bond donors (Lipinski definition) is 1. The Morgan fingerprint density at radius 3 is 2.43 bits per heavy atom. The van der Waals surface area contributed by atoms with Crippen LogP contribution in [-0.2, 0) is 19.4 Å². The van der Waals surface area contributed by atoms with Crippen LogP contribution in [0.1, 0.15) is 45.4 Å². The van der Waals surface area contributed by atoms with Crippen molar-refractivity contribution in [3.8, 4) is 0 Å². The van der Waals surface area contributed by atoms with Gasteiger partial charge in [-0.05, 0) is 19.8 Å². The van der Waals surface area contributed by atoms with Gasteiger partial charge in [0.05, 0.1) is 5.75 Å². The molecule has 1 spiro atoms. The normalized spacial score (nSPS) is 24.6. The average Bonchev–Trinajstić information content (AvgIpc) is 2.47. The van der Waals surface area contributed by atoms with E-state index in [-0.39, 0.29) is 24.0 Å². The average molecular weight is 316 g/mol. The lowest BCUT2D eigenvalue weighted by molar-refractivity contribution is -0.141. The molecule has 0 aromatic carbocycles. The van der Waals surface area contributed by atoms with Crippen molar-refractivity contribution in [2.75, 3.05) is 18.6 Å². The molecule has 1 aliphatic heterocycles. The van der Waals surface area contributed by atoms with E-state index in [0.717, 1.165) is 19.3 Å². The molecule has 0 radical (unpaired) electrons. The van der Waals surface area contributed by atoms with Gasteiger partial charge in [0.1, 0.15) is 15.4 Å². The first kappa shape index (κ1) is 16.3. The summed E-state index contributed by atoms with van der Waals surface area (Å²) in [5.41, 5.74) is -0.808. The van der Waals surface area contributed by atoms with Crippen LogP contribution in [0.15, 0.2) is 0 Å². The third-order valence-electron chi connectivity index (χ3n) is 4.41. The number of carbonyl (C=O) groups excluding carboxylic acids is 2. The zero-order valence-electron chi connectivity index (χ0n) is 12.7. The van der Waals surface area contributed by atoms with Gasteiger partial charge in [-0.3, -0.25) is 9.59 Å². The van der Waals surface area contributed by atoms with Crippen LogP contribution in [0.5, 0.6) is 0 Å². The second-order valence-corrected chi connectivity index (χ2v) is 8.57. The van der Waals surface area contributed by atoms with E-state index >= 15 is 0 Å². The minimum absolute atomic E-state index is 0.0665. The Hall–Kier alpha value is -1.11. The van der Waals surface area contributed by atoms with Gasteiger partial charge in [0.15, 0.2) is 0 Å². The fraction of sp³-hybridized carbons (Fsp3) is 0.857. The van der Waals surface area contributed by atoms with E-state index < -0.39 is 21.4 Å². The van der Waals surface area contributed by atoms with Gasteiger partial charge in [0.2, 0.25) is 11.8 Å². The third kappa shape index (κ3) is 3.75. The summed E-state index contributed by atoms with van der Waals surface area (Å²) in [4.78, 5) is 26.4. The van der Waals surface area contributed by atoms with Gasteiger partial charge in [0.25, 0.3) is 0 Å². The van der Waals surface area contributed by atoms with Crippen molar-refractivity contribution in [2.45, 2.75) is 57.0 Å². The molecule has 2 aliphatic rings. The summed E-state index contributed by atoms with van der Waals surface area (Å²) in [5.74, 6) is -0.285. The highest BCUT2D eigenvalue weighted by atomic mass is 32.2. The standard InChI is InChI=1S/C14H24N2O4S/c1-11(10-21(2,19)20)16-9-6-12(17)15-14(13(16)18)7-4-3-5-8-14/h11H,3-10H2,1-2H3,(H,15,17). The zero-order chi connectivity index (χ0) is 15.7. The molecular formula is C14H24N2O4S. The lowest BCUT2D eigenvalue weighted by Crippen LogP contribution is -2.59. The van der Waals surface area contributed by atoms with Crippen molar-refractivity contribution in [1.82, 2.24) is 10.2 Å². The number of rotatable bonds is 3. The van der Waals surface area contributed by atoms with E-state index in [9.17, 15) is 18.0 Å². The first-order valence-electron chi connectivity index (χ1n) is 7.53. The molecule has 0 aromatic rings. The second kappa shape index (κ2) is 5.94. The molecule has 0 aromatic heterocycles. The SMILES string of the molecule is CC(CS(C)(=O)=O)N1CCC(=O)NC2(CCCCC2)C1=O. The molecule has 1 heterocycles. The maximum atomic E-state index is 12.9. The summed E-state index contributed by atoms with van der Waals surface area (Å²) in [5, 5.41) is 2.91. The molecule has 7 heteroatoms. The summed E-state index contributed by atoms with van der Waals surface area (Å²) in [6.07, 6.45) is 5.62. The highest BCUT2D eigenvalue weighted by Gasteiger charge is 2.46. The molecular weight excluding hydrogens is 292 g/mol. The smallest absolute Gasteiger partial charge is 0.248 e. The molecule has 1 saturated carbocycles. The van der Waals surface area contributed by atoms with Crippen LogP contribution >= 0.6 is 0 Å². The van der Waals surface area contributed by atoms with Crippen LogP contribution in [0, 0.1) is 0 Å². The van der Waals surface area contributed by atoms with E-state index in [2.05, 4.69) is 5.32 Å². The topological polar surface area (TPSA) is 83.6 Å². The maximum Gasteiger partial charge on any atom is 0.248 e. The summed E-state index contributed by atoms with van der Waals surface area (Å²) in [6.45, 7) is 2.04. The largest absolute Gasteiger partial charge is 0.342 e. The van der Waals surface area contributed by atoms with E-state index in [1.807, 2.05) is 0 Å². The van der Waals surface area contributed by atoms with Gasteiger partial charge in [-0.25, -0.2) is 8.42 Å². The van der Waals surface area contributed by atoms with Crippen LogP contribution in [0.4, 0.5) is 0 Å². The Morgan fingerprint density at radius 2 is 1.86 bits per heavy atom. The maximum absolute atomic E-state index is 12.9. The van der Waals surface area contributed by atoms with E-state index in [1.165, 1.54) is 6.26 Å². The van der Waals surface area contributed by atoms with Gasteiger partial charge in [0, 0.05) is 25.3 Å². The van der Waals surface area contributed by atoms with Crippen molar-refractivity contribution in [1.29, 1.82) is 0 Å². The predicted molar refractivity (Wildman–Crippen MR) is 79.5 cm³/mol. The second-order valence-electron chi connectivity index (χ2n) is 6.38. The van der Waals surface area contributed by atoms with Crippen molar-refractivity contribution in [3.63, 3.8) is 0 Å². The first-order chi connectivity index (χ1) is 9.73. The molecule has 1 aliphatic carbocycles. The Bertz CT molecular complexity index is 523. The molecule has 1 atom stereocenters. The Labute approximate surface area is 126 Å². The van der Waals surface area contributed by atoms with Crippen molar-refractivity contribution in [2.24, 2.45) is 0 Å². The van der Waals surface area contributed by atoms with E-state index in [4.69, 9.17) is 0 Å². The number of nitrogens with one attached hydrogen (secondary N) is 1. The van der Waals surface area contributed by atoms with Gasteiger partial charge in [-0.2, -0.15) is 0 Å². The molecule has 0 bridgehead atoms.